The third-order valence-corrected chi connectivity index (χ3v) is 3.75. The van der Waals surface area contributed by atoms with Gasteiger partial charge < -0.3 is 4.57 Å². The number of para-hydroxylation sites is 1. The number of nitrogens with zero attached hydrogens (tertiary/aromatic N) is 2. The standard InChI is InChI=1S/C19H20N2/c1-2-21-18-11-7-6-10-17(18)12-13-19(21)20-15-14-16-8-4-3-5-9-16/h3-13H,2,14-15H2,1H3. The van der Waals surface area contributed by atoms with Crippen molar-refractivity contribution in [1.29, 1.82) is 0 Å². The maximum atomic E-state index is 4.79. The quantitative estimate of drug-likeness (QED) is 0.689. The Balaban J connectivity index is 1.91. The molecule has 0 saturated carbocycles. The van der Waals surface area contributed by atoms with Gasteiger partial charge >= 0.3 is 0 Å². The summed E-state index contributed by atoms with van der Waals surface area (Å²) in [6.07, 6.45) is 0.984. The minimum absolute atomic E-state index is 0.822. The molecule has 2 aromatic carbocycles. The van der Waals surface area contributed by atoms with Crippen molar-refractivity contribution < 1.29 is 0 Å². The highest BCUT2D eigenvalue weighted by molar-refractivity contribution is 5.78. The molecular weight excluding hydrogens is 256 g/mol. The Morgan fingerprint density at radius 1 is 0.857 bits per heavy atom. The summed E-state index contributed by atoms with van der Waals surface area (Å²) in [5.41, 5.74) is 3.65. The summed E-state index contributed by atoms with van der Waals surface area (Å²) in [5.74, 6) is 0. The first kappa shape index (κ1) is 13.6. The molecule has 0 atom stereocenters. The second kappa shape index (κ2) is 6.40. The van der Waals surface area contributed by atoms with E-state index in [1.807, 2.05) is 0 Å². The van der Waals surface area contributed by atoms with Crippen molar-refractivity contribution in [2.75, 3.05) is 6.54 Å². The van der Waals surface area contributed by atoms with Crippen LogP contribution in [-0.2, 0) is 13.0 Å². The highest BCUT2D eigenvalue weighted by atomic mass is 15.0. The predicted molar refractivity (Wildman–Crippen MR) is 88.2 cm³/mol. The van der Waals surface area contributed by atoms with Crippen molar-refractivity contribution in [3.8, 4) is 0 Å². The number of pyridine rings is 1. The number of fused-ring (bicyclic) bond motifs is 1. The highest BCUT2D eigenvalue weighted by Gasteiger charge is 1.98. The van der Waals surface area contributed by atoms with E-state index in [1.54, 1.807) is 0 Å². The van der Waals surface area contributed by atoms with E-state index in [0.717, 1.165) is 25.0 Å². The number of hydrogen-bond donors (Lipinski definition) is 0. The highest BCUT2D eigenvalue weighted by Crippen LogP contribution is 2.10. The molecule has 0 saturated heterocycles. The maximum Gasteiger partial charge on any atom is 0.127 e. The van der Waals surface area contributed by atoms with Gasteiger partial charge in [0.1, 0.15) is 5.49 Å². The molecule has 0 fully saturated rings. The van der Waals surface area contributed by atoms with Crippen LogP contribution in [-0.4, -0.2) is 11.1 Å². The average molecular weight is 276 g/mol. The third-order valence-electron chi connectivity index (χ3n) is 3.75. The first-order valence-corrected chi connectivity index (χ1v) is 7.51. The van der Waals surface area contributed by atoms with Gasteiger partial charge in [-0.1, -0.05) is 48.5 Å². The fourth-order valence-corrected chi connectivity index (χ4v) is 2.67. The topological polar surface area (TPSA) is 17.3 Å². The van der Waals surface area contributed by atoms with Crippen molar-refractivity contribution in [3.05, 3.63) is 77.8 Å². The van der Waals surface area contributed by atoms with Gasteiger partial charge in [-0.25, -0.2) is 0 Å². The van der Waals surface area contributed by atoms with Crippen LogP contribution < -0.4 is 5.49 Å². The molecule has 0 aliphatic rings. The zero-order chi connectivity index (χ0) is 14.5. The summed E-state index contributed by atoms with van der Waals surface area (Å²) in [6.45, 7) is 3.93. The lowest BCUT2D eigenvalue weighted by Gasteiger charge is -2.09. The monoisotopic (exact) mass is 276 g/mol. The van der Waals surface area contributed by atoms with Crippen molar-refractivity contribution in [3.63, 3.8) is 0 Å². The molecule has 0 aliphatic heterocycles. The molecule has 0 radical (unpaired) electrons. The number of aromatic nitrogens is 1. The van der Waals surface area contributed by atoms with Crippen molar-refractivity contribution in [2.45, 2.75) is 19.9 Å². The second-order valence-corrected chi connectivity index (χ2v) is 5.11. The Kier molecular flexibility index (Phi) is 4.15. The van der Waals surface area contributed by atoms with Crippen LogP contribution in [0.1, 0.15) is 12.5 Å². The third kappa shape index (κ3) is 3.05. The number of aryl methyl sites for hydroxylation is 1. The first-order chi connectivity index (χ1) is 10.4. The van der Waals surface area contributed by atoms with E-state index < -0.39 is 0 Å². The molecule has 3 rings (SSSR count). The summed E-state index contributed by atoms with van der Waals surface area (Å²) in [7, 11) is 0. The zero-order valence-corrected chi connectivity index (χ0v) is 12.4. The van der Waals surface area contributed by atoms with Gasteiger partial charge in [0.15, 0.2) is 0 Å². The molecule has 0 spiro atoms. The van der Waals surface area contributed by atoms with Gasteiger partial charge in [-0.05, 0) is 42.5 Å². The lowest BCUT2D eigenvalue weighted by Crippen LogP contribution is -2.20. The minimum Gasteiger partial charge on any atom is -0.326 e. The maximum absolute atomic E-state index is 4.79. The summed E-state index contributed by atoms with van der Waals surface area (Å²) >= 11 is 0. The Morgan fingerprint density at radius 2 is 1.62 bits per heavy atom. The lowest BCUT2D eigenvalue weighted by molar-refractivity contribution is 0.726. The predicted octanol–water partition coefficient (Wildman–Crippen LogP) is 3.80. The van der Waals surface area contributed by atoms with E-state index in [-0.39, 0.29) is 0 Å². The van der Waals surface area contributed by atoms with Gasteiger partial charge in [0.05, 0.1) is 0 Å². The molecule has 1 aromatic heterocycles. The van der Waals surface area contributed by atoms with E-state index >= 15 is 0 Å². The first-order valence-electron chi connectivity index (χ1n) is 7.51. The largest absolute Gasteiger partial charge is 0.326 e. The Morgan fingerprint density at radius 3 is 2.43 bits per heavy atom. The summed E-state index contributed by atoms with van der Waals surface area (Å²) in [4.78, 5) is 4.79. The molecule has 1 heterocycles. The molecule has 2 nitrogen and oxygen atoms in total. The molecule has 0 bridgehead atoms. The summed E-state index contributed by atoms with van der Waals surface area (Å²) in [5, 5.41) is 1.27. The smallest absolute Gasteiger partial charge is 0.127 e. The summed E-state index contributed by atoms with van der Waals surface area (Å²) < 4.78 is 2.28. The van der Waals surface area contributed by atoms with Crippen molar-refractivity contribution >= 4 is 10.9 Å². The van der Waals surface area contributed by atoms with Gasteiger partial charge in [0.25, 0.3) is 0 Å². The number of benzene rings is 2. The second-order valence-electron chi connectivity index (χ2n) is 5.11. The lowest BCUT2D eigenvalue weighted by atomic mass is 10.1. The van der Waals surface area contributed by atoms with Gasteiger partial charge in [0.2, 0.25) is 0 Å². The Bertz CT molecular complexity index is 785. The minimum atomic E-state index is 0.822. The van der Waals surface area contributed by atoms with Crippen LogP contribution >= 0.6 is 0 Å². The fourth-order valence-electron chi connectivity index (χ4n) is 2.67. The molecule has 106 valence electrons. The van der Waals surface area contributed by atoms with Gasteiger partial charge in [0, 0.05) is 18.6 Å². The van der Waals surface area contributed by atoms with Crippen molar-refractivity contribution in [2.24, 2.45) is 4.99 Å². The van der Waals surface area contributed by atoms with Crippen LogP contribution in [0.4, 0.5) is 0 Å². The normalized spacial score (nSPS) is 12.0. The van der Waals surface area contributed by atoms with Crippen LogP contribution in [0, 0.1) is 0 Å². The van der Waals surface area contributed by atoms with E-state index in [0.29, 0.717) is 0 Å². The van der Waals surface area contributed by atoms with Gasteiger partial charge in [-0.3, -0.25) is 4.99 Å². The summed E-state index contributed by atoms with van der Waals surface area (Å²) in [6, 6.07) is 23.3. The number of hydrogen-bond acceptors (Lipinski definition) is 1. The van der Waals surface area contributed by atoms with Gasteiger partial charge in [-0.2, -0.15) is 0 Å². The Hall–Kier alpha value is -2.35. The Labute approximate surface area is 125 Å². The SMILES string of the molecule is CCn1c(=NCCc2ccccc2)ccc2ccccc21. The molecule has 0 N–H and O–H groups in total. The van der Waals surface area contributed by atoms with E-state index in [2.05, 4.69) is 78.2 Å². The van der Waals surface area contributed by atoms with Crippen molar-refractivity contribution in [1.82, 2.24) is 4.57 Å². The molecule has 0 amide bonds. The molecule has 0 unspecified atom stereocenters. The van der Waals surface area contributed by atoms with E-state index in [1.165, 1.54) is 16.5 Å². The van der Waals surface area contributed by atoms with Gasteiger partial charge in [-0.15, -0.1) is 0 Å². The van der Waals surface area contributed by atoms with Crippen LogP contribution in [0.2, 0.25) is 0 Å². The molecule has 21 heavy (non-hydrogen) atoms. The fraction of sp³-hybridized carbons (Fsp3) is 0.211. The van der Waals surface area contributed by atoms with Crippen LogP contribution in [0.25, 0.3) is 10.9 Å². The van der Waals surface area contributed by atoms with Crippen LogP contribution in [0.15, 0.2) is 71.7 Å². The molecule has 3 aromatic rings. The molecule has 0 aliphatic carbocycles. The van der Waals surface area contributed by atoms with E-state index in [9.17, 15) is 0 Å². The number of rotatable bonds is 4. The molecular formula is C19H20N2. The van der Waals surface area contributed by atoms with Crippen LogP contribution in [0.5, 0.6) is 0 Å². The van der Waals surface area contributed by atoms with Crippen LogP contribution in [0.3, 0.4) is 0 Å². The zero-order valence-electron chi connectivity index (χ0n) is 12.4. The molecule has 2 heteroatoms. The van der Waals surface area contributed by atoms with E-state index in [4.69, 9.17) is 4.99 Å². The average Bonchev–Trinajstić information content (AvgIpc) is 2.55.